The molecule has 2 N–H and O–H groups in total. The van der Waals surface area contributed by atoms with Crippen molar-refractivity contribution in [3.8, 4) is 0 Å². The third kappa shape index (κ3) is 3.94. The molecule has 6 nitrogen and oxygen atoms in total. The molecule has 0 amide bonds. The quantitative estimate of drug-likeness (QED) is 0.796. The summed E-state index contributed by atoms with van der Waals surface area (Å²) < 4.78 is 4.73. The highest BCUT2D eigenvalue weighted by Crippen LogP contribution is 2.27. The Hall–Kier alpha value is -2.34. The van der Waals surface area contributed by atoms with Gasteiger partial charge in [0.05, 0.1) is 23.4 Å². The number of hydrogen-bond donors (Lipinski definition) is 2. The van der Waals surface area contributed by atoms with Crippen molar-refractivity contribution in [2.24, 2.45) is 0 Å². The summed E-state index contributed by atoms with van der Waals surface area (Å²) in [5.41, 5.74) is 1.01. The molecular formula is C17H19ClN4O2. The molecule has 126 valence electrons. The third-order valence-corrected chi connectivity index (χ3v) is 4.32. The molecule has 7 heteroatoms. The van der Waals surface area contributed by atoms with Gasteiger partial charge in [-0.25, -0.2) is 9.78 Å². The molecule has 3 rings (SSSR count). The largest absolute Gasteiger partial charge is 0.465 e. The average molecular weight is 347 g/mol. The van der Waals surface area contributed by atoms with Gasteiger partial charge in [0.15, 0.2) is 0 Å². The number of hydrogen-bond acceptors (Lipinski definition) is 6. The number of carbonyl (C=O) groups is 1. The van der Waals surface area contributed by atoms with Gasteiger partial charge in [-0.2, -0.15) is 4.98 Å². The van der Waals surface area contributed by atoms with Crippen molar-refractivity contribution < 1.29 is 9.53 Å². The lowest BCUT2D eigenvalue weighted by atomic mass is 10.2. The highest BCUT2D eigenvalue weighted by molar-refractivity contribution is 6.33. The van der Waals surface area contributed by atoms with Crippen LogP contribution in [0, 0.1) is 0 Å². The molecule has 0 saturated heterocycles. The summed E-state index contributed by atoms with van der Waals surface area (Å²) >= 11 is 6.20. The van der Waals surface area contributed by atoms with Crippen molar-refractivity contribution in [1.82, 2.24) is 9.97 Å². The van der Waals surface area contributed by atoms with Gasteiger partial charge in [-0.05, 0) is 37.1 Å². The summed E-state index contributed by atoms with van der Waals surface area (Å²) in [5.74, 6) is 0.780. The first-order chi connectivity index (χ1) is 11.7. The highest BCUT2D eigenvalue weighted by atomic mass is 35.5. The van der Waals surface area contributed by atoms with Crippen molar-refractivity contribution in [2.45, 2.75) is 31.7 Å². The number of rotatable bonds is 5. The molecular weight excluding hydrogens is 328 g/mol. The standard InChI is InChI=1S/C17H19ClN4O2/c1-24-16(23)11-6-7-13(18)14(10-11)21-15-8-9-19-17(22-15)20-12-4-2-3-5-12/h6-10,12H,2-5H2,1H3,(H2,19,20,21,22). The normalized spacial score (nSPS) is 14.4. The van der Waals surface area contributed by atoms with Crippen LogP contribution in [0.5, 0.6) is 0 Å². The molecule has 2 aromatic rings. The van der Waals surface area contributed by atoms with Gasteiger partial charge >= 0.3 is 5.97 Å². The summed E-state index contributed by atoms with van der Waals surface area (Å²) in [6.45, 7) is 0. The number of nitrogens with zero attached hydrogens (tertiary/aromatic N) is 2. The van der Waals surface area contributed by atoms with E-state index in [0.717, 1.165) is 12.8 Å². The minimum absolute atomic E-state index is 0.416. The van der Waals surface area contributed by atoms with E-state index < -0.39 is 5.97 Å². The van der Waals surface area contributed by atoms with Gasteiger partial charge in [-0.1, -0.05) is 24.4 Å². The molecule has 0 bridgehead atoms. The summed E-state index contributed by atoms with van der Waals surface area (Å²) in [6.07, 6.45) is 6.46. The van der Waals surface area contributed by atoms with E-state index in [9.17, 15) is 4.79 Å². The van der Waals surface area contributed by atoms with Crippen molar-refractivity contribution in [1.29, 1.82) is 0 Å². The number of esters is 1. The van der Waals surface area contributed by atoms with Gasteiger partial charge in [0.25, 0.3) is 0 Å². The number of methoxy groups -OCH3 is 1. The molecule has 1 saturated carbocycles. The first-order valence-corrected chi connectivity index (χ1v) is 8.28. The Morgan fingerprint density at radius 3 is 2.83 bits per heavy atom. The van der Waals surface area contributed by atoms with E-state index in [4.69, 9.17) is 16.3 Å². The number of benzene rings is 1. The average Bonchev–Trinajstić information content (AvgIpc) is 3.09. The second kappa shape index (κ2) is 7.49. The molecule has 1 aromatic carbocycles. The zero-order chi connectivity index (χ0) is 16.9. The van der Waals surface area contributed by atoms with Gasteiger partial charge in [0, 0.05) is 12.2 Å². The minimum atomic E-state index is -0.416. The molecule has 0 spiro atoms. The maximum absolute atomic E-state index is 11.6. The molecule has 1 aromatic heterocycles. The van der Waals surface area contributed by atoms with E-state index in [2.05, 4.69) is 20.6 Å². The Balaban J connectivity index is 1.76. The number of ether oxygens (including phenoxy) is 1. The van der Waals surface area contributed by atoms with Crippen LogP contribution in [0.15, 0.2) is 30.5 Å². The van der Waals surface area contributed by atoms with Gasteiger partial charge < -0.3 is 15.4 Å². The van der Waals surface area contributed by atoms with Crippen molar-refractivity contribution in [3.63, 3.8) is 0 Å². The summed E-state index contributed by atoms with van der Waals surface area (Å²) in [6, 6.07) is 7.09. The van der Waals surface area contributed by atoms with E-state index in [1.807, 2.05) is 0 Å². The van der Waals surface area contributed by atoms with Crippen molar-refractivity contribution >= 4 is 35.0 Å². The lowest BCUT2D eigenvalue weighted by molar-refractivity contribution is 0.0601. The van der Waals surface area contributed by atoms with Gasteiger partial charge in [-0.15, -0.1) is 0 Å². The van der Waals surface area contributed by atoms with Crippen LogP contribution in [-0.4, -0.2) is 29.1 Å². The number of anilines is 3. The Labute approximate surface area is 145 Å². The zero-order valence-corrected chi connectivity index (χ0v) is 14.1. The number of carbonyl (C=O) groups excluding carboxylic acids is 1. The monoisotopic (exact) mass is 346 g/mol. The Morgan fingerprint density at radius 2 is 2.08 bits per heavy atom. The van der Waals surface area contributed by atoms with Crippen molar-refractivity contribution in [2.75, 3.05) is 17.7 Å². The summed E-state index contributed by atoms with van der Waals surface area (Å²) in [7, 11) is 1.34. The molecule has 0 atom stereocenters. The van der Waals surface area contributed by atoms with Crippen LogP contribution in [0.4, 0.5) is 17.5 Å². The fourth-order valence-electron chi connectivity index (χ4n) is 2.75. The highest BCUT2D eigenvalue weighted by Gasteiger charge is 2.16. The molecule has 0 radical (unpaired) electrons. The Bertz CT molecular complexity index is 732. The Morgan fingerprint density at radius 1 is 1.29 bits per heavy atom. The van der Waals surface area contributed by atoms with Crippen LogP contribution < -0.4 is 10.6 Å². The topological polar surface area (TPSA) is 76.1 Å². The first-order valence-electron chi connectivity index (χ1n) is 7.90. The van der Waals surface area contributed by atoms with E-state index in [0.29, 0.717) is 34.1 Å². The molecule has 24 heavy (non-hydrogen) atoms. The maximum atomic E-state index is 11.6. The van der Waals surface area contributed by atoms with Crippen LogP contribution in [0.2, 0.25) is 5.02 Å². The second-order valence-corrected chi connectivity index (χ2v) is 6.11. The molecule has 1 heterocycles. The fraction of sp³-hybridized carbons (Fsp3) is 0.353. The van der Waals surface area contributed by atoms with E-state index in [1.54, 1.807) is 30.5 Å². The van der Waals surface area contributed by atoms with Gasteiger partial charge in [-0.3, -0.25) is 0 Å². The van der Waals surface area contributed by atoms with Crippen LogP contribution in [0.25, 0.3) is 0 Å². The van der Waals surface area contributed by atoms with E-state index in [1.165, 1.54) is 20.0 Å². The second-order valence-electron chi connectivity index (χ2n) is 5.70. The van der Waals surface area contributed by atoms with E-state index >= 15 is 0 Å². The smallest absolute Gasteiger partial charge is 0.337 e. The SMILES string of the molecule is COC(=O)c1ccc(Cl)c(Nc2ccnc(NC3CCCC3)n2)c1. The van der Waals surface area contributed by atoms with Crippen LogP contribution in [-0.2, 0) is 4.74 Å². The zero-order valence-electron chi connectivity index (χ0n) is 13.4. The van der Waals surface area contributed by atoms with E-state index in [-0.39, 0.29) is 0 Å². The van der Waals surface area contributed by atoms with Crippen LogP contribution >= 0.6 is 11.6 Å². The predicted molar refractivity (Wildman–Crippen MR) is 94.0 cm³/mol. The Kier molecular flexibility index (Phi) is 5.15. The predicted octanol–water partition coefficient (Wildman–Crippen LogP) is 4.01. The summed E-state index contributed by atoms with van der Waals surface area (Å²) in [5, 5.41) is 6.97. The molecule has 1 fully saturated rings. The minimum Gasteiger partial charge on any atom is -0.465 e. The molecule has 1 aliphatic rings. The van der Waals surface area contributed by atoms with Crippen LogP contribution in [0.3, 0.4) is 0 Å². The number of aromatic nitrogens is 2. The summed E-state index contributed by atoms with van der Waals surface area (Å²) in [4.78, 5) is 20.4. The molecule has 0 aliphatic heterocycles. The first kappa shape index (κ1) is 16.5. The maximum Gasteiger partial charge on any atom is 0.337 e. The molecule has 0 unspecified atom stereocenters. The number of nitrogens with one attached hydrogen (secondary N) is 2. The van der Waals surface area contributed by atoms with Crippen LogP contribution in [0.1, 0.15) is 36.0 Å². The van der Waals surface area contributed by atoms with Gasteiger partial charge in [0.1, 0.15) is 5.82 Å². The lowest BCUT2D eigenvalue weighted by Gasteiger charge is -2.13. The van der Waals surface area contributed by atoms with Crippen molar-refractivity contribution in [3.05, 3.63) is 41.0 Å². The lowest BCUT2D eigenvalue weighted by Crippen LogP contribution is -2.16. The number of halogens is 1. The molecule has 1 aliphatic carbocycles. The fourth-order valence-corrected chi connectivity index (χ4v) is 2.92. The third-order valence-electron chi connectivity index (χ3n) is 3.99. The van der Waals surface area contributed by atoms with Gasteiger partial charge in [0.2, 0.25) is 5.95 Å².